The van der Waals surface area contributed by atoms with Gasteiger partial charge in [0, 0.05) is 24.0 Å². The molecule has 2 fully saturated rings. The van der Waals surface area contributed by atoms with Crippen LogP contribution in [0.2, 0.25) is 0 Å². The number of aromatic nitrogens is 1. The molecule has 1 saturated carbocycles. The fraction of sp³-hybridized carbons (Fsp3) is 0.565. The largest absolute Gasteiger partial charge is 0.353 e. The topological polar surface area (TPSA) is 33.2 Å². The van der Waals surface area contributed by atoms with E-state index in [1.54, 1.807) is 6.07 Å². The second kappa shape index (κ2) is 8.14. The van der Waals surface area contributed by atoms with E-state index in [0.717, 1.165) is 43.7 Å². The molecule has 3 nitrogen and oxygen atoms in total. The lowest BCUT2D eigenvalue weighted by atomic mass is 9.76. The third kappa shape index (κ3) is 3.63. The van der Waals surface area contributed by atoms with Gasteiger partial charge in [0.05, 0.1) is 11.1 Å². The molecule has 1 aromatic carbocycles. The predicted molar refractivity (Wildman–Crippen MR) is 108 cm³/mol. The summed E-state index contributed by atoms with van der Waals surface area (Å²) in [5.74, 6) is 0.293. The molecule has 2 aliphatic rings. The predicted octanol–water partition coefficient (Wildman–Crippen LogP) is 5.90. The van der Waals surface area contributed by atoms with E-state index in [0.29, 0.717) is 34.2 Å². The maximum atomic E-state index is 13.7. The number of pyridine rings is 1. The minimum absolute atomic E-state index is 0.386. The lowest BCUT2D eigenvalue weighted by Crippen LogP contribution is -2.38. The number of benzene rings is 1. The first-order valence-corrected chi connectivity index (χ1v) is 10.6. The molecule has 1 aliphatic heterocycles. The van der Waals surface area contributed by atoms with E-state index in [1.165, 1.54) is 38.5 Å². The number of carbonyl (C=O) groups is 1. The molecule has 0 N–H and O–H groups in total. The first kappa shape index (κ1) is 19.3. The van der Waals surface area contributed by atoms with Gasteiger partial charge in [-0.1, -0.05) is 32.6 Å². The van der Waals surface area contributed by atoms with Gasteiger partial charge in [0.2, 0.25) is 0 Å². The molecule has 1 saturated heterocycles. The number of hydrogen-bond donors (Lipinski definition) is 0. The van der Waals surface area contributed by atoms with E-state index < -0.39 is 11.6 Å². The van der Waals surface area contributed by atoms with E-state index in [4.69, 9.17) is 0 Å². The number of hydrogen-bond acceptors (Lipinski definition) is 3. The number of aldehydes is 1. The quantitative estimate of drug-likeness (QED) is 0.600. The Kier molecular flexibility index (Phi) is 5.61. The molecule has 2 aromatic rings. The highest BCUT2D eigenvalue weighted by Crippen LogP contribution is 2.40. The highest BCUT2D eigenvalue weighted by atomic mass is 19.2. The highest BCUT2D eigenvalue weighted by Gasteiger charge is 2.35. The van der Waals surface area contributed by atoms with Crippen molar-refractivity contribution in [3.05, 3.63) is 35.4 Å². The average molecular weight is 386 g/mol. The summed E-state index contributed by atoms with van der Waals surface area (Å²) >= 11 is 0. The summed E-state index contributed by atoms with van der Waals surface area (Å²) in [5.41, 5.74) is 0.863. The van der Waals surface area contributed by atoms with Crippen LogP contribution in [-0.4, -0.2) is 23.9 Å². The molecule has 4 rings (SSSR count). The van der Waals surface area contributed by atoms with Crippen LogP contribution < -0.4 is 4.90 Å². The van der Waals surface area contributed by atoms with Crippen LogP contribution in [0.4, 0.5) is 14.6 Å². The SMILES string of the molecule is CCCC1CCC([C@H]2CCCN2c2nc3cc(F)c(F)cc3cc2C=O)CC1. The van der Waals surface area contributed by atoms with Crippen LogP contribution in [0.25, 0.3) is 10.9 Å². The number of nitrogens with zero attached hydrogens (tertiary/aromatic N) is 2. The lowest BCUT2D eigenvalue weighted by Gasteiger charge is -2.37. The number of rotatable bonds is 5. The van der Waals surface area contributed by atoms with E-state index >= 15 is 0 Å². The molecule has 28 heavy (non-hydrogen) atoms. The third-order valence-electron chi connectivity index (χ3n) is 6.70. The van der Waals surface area contributed by atoms with Crippen molar-refractivity contribution in [1.82, 2.24) is 4.98 Å². The summed E-state index contributed by atoms with van der Waals surface area (Å²) in [4.78, 5) is 18.6. The Morgan fingerprint density at radius 1 is 1.11 bits per heavy atom. The van der Waals surface area contributed by atoms with Gasteiger partial charge in [-0.15, -0.1) is 0 Å². The van der Waals surface area contributed by atoms with E-state index in [2.05, 4.69) is 16.8 Å². The molecule has 1 atom stereocenters. The second-order valence-corrected chi connectivity index (χ2v) is 8.45. The van der Waals surface area contributed by atoms with E-state index in [1.807, 2.05) is 0 Å². The zero-order valence-electron chi connectivity index (χ0n) is 16.5. The molecular weight excluding hydrogens is 358 g/mol. The minimum atomic E-state index is -0.915. The van der Waals surface area contributed by atoms with Crippen molar-refractivity contribution in [2.24, 2.45) is 11.8 Å². The van der Waals surface area contributed by atoms with Gasteiger partial charge >= 0.3 is 0 Å². The molecular formula is C23H28F2N2O. The minimum Gasteiger partial charge on any atom is -0.353 e. The molecule has 0 bridgehead atoms. The molecule has 2 heterocycles. The monoisotopic (exact) mass is 386 g/mol. The summed E-state index contributed by atoms with van der Waals surface area (Å²) in [6.07, 6.45) is 10.6. The normalized spacial score (nSPS) is 25.4. The van der Waals surface area contributed by atoms with Crippen molar-refractivity contribution in [3.63, 3.8) is 0 Å². The Bertz CT molecular complexity index is 861. The fourth-order valence-corrected chi connectivity index (χ4v) is 5.31. The number of carbonyl (C=O) groups excluding carboxylic acids is 1. The van der Waals surface area contributed by atoms with Crippen molar-refractivity contribution in [3.8, 4) is 0 Å². The zero-order valence-corrected chi connectivity index (χ0v) is 16.5. The first-order chi connectivity index (χ1) is 13.6. The van der Waals surface area contributed by atoms with Crippen molar-refractivity contribution < 1.29 is 13.6 Å². The lowest BCUT2D eigenvalue weighted by molar-refractivity contribution is 0.112. The average Bonchev–Trinajstić information content (AvgIpc) is 3.18. The van der Waals surface area contributed by atoms with Gasteiger partial charge in [-0.2, -0.15) is 0 Å². The molecule has 1 aliphatic carbocycles. The molecule has 0 radical (unpaired) electrons. The van der Waals surface area contributed by atoms with Crippen LogP contribution >= 0.6 is 0 Å². The van der Waals surface area contributed by atoms with Gasteiger partial charge in [0.1, 0.15) is 5.82 Å². The number of fused-ring (bicyclic) bond motifs is 1. The molecule has 0 spiro atoms. The van der Waals surface area contributed by atoms with Crippen LogP contribution in [0, 0.1) is 23.5 Å². The summed E-state index contributed by atoms with van der Waals surface area (Å²) in [6, 6.07) is 4.27. The third-order valence-corrected chi connectivity index (χ3v) is 6.70. The highest BCUT2D eigenvalue weighted by molar-refractivity contribution is 5.92. The van der Waals surface area contributed by atoms with Gasteiger partial charge in [-0.3, -0.25) is 4.79 Å². The first-order valence-electron chi connectivity index (χ1n) is 10.6. The van der Waals surface area contributed by atoms with Crippen molar-refractivity contribution in [2.45, 2.75) is 64.3 Å². The second-order valence-electron chi connectivity index (χ2n) is 8.45. The van der Waals surface area contributed by atoms with E-state index in [-0.39, 0.29) is 0 Å². The Balaban J connectivity index is 1.62. The van der Waals surface area contributed by atoms with Crippen LogP contribution in [0.15, 0.2) is 18.2 Å². The maximum absolute atomic E-state index is 13.7. The molecule has 1 aromatic heterocycles. The van der Waals surface area contributed by atoms with Gasteiger partial charge in [0.25, 0.3) is 0 Å². The summed E-state index contributed by atoms with van der Waals surface area (Å²) < 4.78 is 27.3. The summed E-state index contributed by atoms with van der Waals surface area (Å²) in [5, 5.41) is 0.459. The van der Waals surface area contributed by atoms with E-state index in [9.17, 15) is 13.6 Å². The molecule has 0 unspecified atom stereocenters. The Labute approximate surface area is 165 Å². The Morgan fingerprint density at radius 3 is 2.57 bits per heavy atom. The standard InChI is InChI=1S/C23H28F2N2O/c1-2-4-15-6-8-16(9-7-15)22-5-3-10-27(22)23-18(14-28)11-17-12-19(24)20(25)13-21(17)26-23/h11-16,22H,2-10H2,1H3/t15?,16?,22-/m1/s1. The van der Waals surface area contributed by atoms with Gasteiger partial charge in [-0.05, 0) is 49.7 Å². The Morgan fingerprint density at radius 2 is 1.86 bits per heavy atom. The summed E-state index contributed by atoms with van der Waals surface area (Å²) in [7, 11) is 0. The zero-order chi connectivity index (χ0) is 19.7. The number of anilines is 1. The van der Waals surface area contributed by atoms with Crippen LogP contribution in [-0.2, 0) is 0 Å². The molecule has 150 valence electrons. The molecule has 5 heteroatoms. The van der Waals surface area contributed by atoms with Gasteiger partial charge in [0.15, 0.2) is 17.9 Å². The van der Waals surface area contributed by atoms with Crippen LogP contribution in [0.5, 0.6) is 0 Å². The van der Waals surface area contributed by atoms with Crippen molar-refractivity contribution in [1.29, 1.82) is 0 Å². The van der Waals surface area contributed by atoms with Crippen molar-refractivity contribution >= 4 is 23.0 Å². The number of halogens is 2. The smallest absolute Gasteiger partial charge is 0.161 e. The van der Waals surface area contributed by atoms with Gasteiger partial charge in [-0.25, -0.2) is 13.8 Å². The van der Waals surface area contributed by atoms with Gasteiger partial charge < -0.3 is 4.90 Å². The van der Waals surface area contributed by atoms with Crippen LogP contribution in [0.1, 0.15) is 68.6 Å². The van der Waals surface area contributed by atoms with Crippen LogP contribution in [0.3, 0.4) is 0 Å². The Hall–Kier alpha value is -2.04. The maximum Gasteiger partial charge on any atom is 0.161 e. The molecule has 0 amide bonds. The fourth-order valence-electron chi connectivity index (χ4n) is 5.31. The van der Waals surface area contributed by atoms with Crippen molar-refractivity contribution in [2.75, 3.05) is 11.4 Å². The summed E-state index contributed by atoms with van der Waals surface area (Å²) in [6.45, 7) is 3.12.